The number of hydrogen-bond acceptors (Lipinski definition) is 2. The Hall–Kier alpha value is -0.730. The Labute approximate surface area is 91.5 Å². The zero-order chi connectivity index (χ0) is 9.84. The monoisotopic (exact) mass is 215 g/mol. The van der Waals surface area contributed by atoms with Crippen LogP contribution in [0.25, 0.3) is 0 Å². The van der Waals surface area contributed by atoms with E-state index in [1.165, 1.54) is 0 Å². The third-order valence-corrected chi connectivity index (χ3v) is 2.19. The maximum Gasteiger partial charge on any atom is 0.120 e. The lowest BCUT2D eigenvalue weighted by atomic mass is 10.0. The number of aromatic hydroxyl groups is 1. The van der Waals surface area contributed by atoms with Gasteiger partial charge >= 0.3 is 0 Å². The molecular formula is C11H18ClNO. The molecule has 0 aliphatic rings. The number of aryl methyl sites for hydroxylation is 1. The lowest BCUT2D eigenvalue weighted by molar-refractivity contribution is 0.457. The molecule has 0 radical (unpaired) electrons. The van der Waals surface area contributed by atoms with Crippen molar-refractivity contribution in [2.75, 3.05) is 0 Å². The predicted octanol–water partition coefficient (Wildman–Crippen LogP) is 2.92. The molecule has 0 aliphatic heterocycles. The molecule has 0 aliphatic carbocycles. The third-order valence-electron chi connectivity index (χ3n) is 2.19. The summed E-state index contributed by atoms with van der Waals surface area (Å²) in [5.41, 5.74) is 7.81. The summed E-state index contributed by atoms with van der Waals surface area (Å²) in [6, 6.07) is 5.60. The summed E-state index contributed by atoms with van der Waals surface area (Å²) in [5.74, 6) is 0.320. The van der Waals surface area contributed by atoms with Crippen LogP contribution in [0.4, 0.5) is 0 Å². The van der Waals surface area contributed by atoms with Gasteiger partial charge in [0, 0.05) is 11.6 Å². The van der Waals surface area contributed by atoms with Crippen LogP contribution in [0, 0.1) is 6.92 Å². The van der Waals surface area contributed by atoms with Gasteiger partial charge in [0.15, 0.2) is 0 Å². The lowest BCUT2D eigenvalue weighted by Gasteiger charge is -2.12. The second-order valence-corrected chi connectivity index (χ2v) is 3.46. The average molecular weight is 216 g/mol. The second-order valence-electron chi connectivity index (χ2n) is 3.46. The molecule has 1 aromatic rings. The quantitative estimate of drug-likeness (QED) is 0.815. The first kappa shape index (κ1) is 13.3. The second kappa shape index (κ2) is 5.89. The summed E-state index contributed by atoms with van der Waals surface area (Å²) < 4.78 is 0. The van der Waals surface area contributed by atoms with Gasteiger partial charge in [-0.1, -0.05) is 25.5 Å². The van der Waals surface area contributed by atoms with Crippen LogP contribution >= 0.6 is 12.4 Å². The van der Waals surface area contributed by atoms with Gasteiger partial charge in [-0.15, -0.1) is 12.4 Å². The summed E-state index contributed by atoms with van der Waals surface area (Å²) in [5, 5.41) is 9.61. The SMILES string of the molecule is CCC[C@@H](N)c1ccc(C)cc1O.Cl. The highest BCUT2D eigenvalue weighted by Crippen LogP contribution is 2.26. The minimum Gasteiger partial charge on any atom is -0.508 e. The number of benzene rings is 1. The Bertz CT molecular complexity index is 289. The Morgan fingerprint density at radius 1 is 1.43 bits per heavy atom. The van der Waals surface area contributed by atoms with Gasteiger partial charge in [-0.05, 0) is 25.0 Å². The first-order valence-electron chi connectivity index (χ1n) is 4.70. The van der Waals surface area contributed by atoms with Crippen LogP contribution in [0.1, 0.15) is 36.9 Å². The van der Waals surface area contributed by atoms with Gasteiger partial charge in [0.05, 0.1) is 0 Å². The minimum absolute atomic E-state index is 0. The smallest absolute Gasteiger partial charge is 0.120 e. The van der Waals surface area contributed by atoms with E-state index in [4.69, 9.17) is 5.73 Å². The van der Waals surface area contributed by atoms with E-state index in [1.54, 1.807) is 6.07 Å². The number of halogens is 1. The number of phenols is 1. The van der Waals surface area contributed by atoms with E-state index in [2.05, 4.69) is 6.92 Å². The molecule has 0 fully saturated rings. The molecule has 0 bridgehead atoms. The van der Waals surface area contributed by atoms with E-state index < -0.39 is 0 Å². The van der Waals surface area contributed by atoms with Gasteiger partial charge in [0.1, 0.15) is 5.75 Å². The number of rotatable bonds is 3. The van der Waals surface area contributed by atoms with Crippen LogP contribution in [-0.2, 0) is 0 Å². The summed E-state index contributed by atoms with van der Waals surface area (Å²) in [4.78, 5) is 0. The first-order valence-corrected chi connectivity index (χ1v) is 4.70. The van der Waals surface area contributed by atoms with Crippen molar-refractivity contribution in [3.8, 4) is 5.75 Å². The van der Waals surface area contributed by atoms with Crippen molar-refractivity contribution in [2.24, 2.45) is 5.73 Å². The maximum absolute atomic E-state index is 9.61. The standard InChI is InChI=1S/C11H17NO.ClH/c1-3-4-10(12)9-6-5-8(2)7-11(9)13;/h5-7,10,13H,3-4,12H2,1-2H3;1H/t10-;/m1./s1. The molecule has 1 rings (SSSR count). The third kappa shape index (κ3) is 3.20. The average Bonchev–Trinajstić information content (AvgIpc) is 2.04. The zero-order valence-electron chi connectivity index (χ0n) is 8.66. The van der Waals surface area contributed by atoms with Gasteiger partial charge in [-0.3, -0.25) is 0 Å². The molecular weight excluding hydrogens is 198 g/mol. The van der Waals surface area contributed by atoms with Gasteiger partial charge in [-0.2, -0.15) is 0 Å². The molecule has 0 spiro atoms. The molecule has 0 saturated heterocycles. The molecule has 3 heteroatoms. The zero-order valence-corrected chi connectivity index (χ0v) is 9.47. The number of nitrogens with two attached hydrogens (primary N) is 1. The minimum atomic E-state index is -0.0365. The highest BCUT2D eigenvalue weighted by molar-refractivity contribution is 5.85. The van der Waals surface area contributed by atoms with Crippen LogP contribution < -0.4 is 5.73 Å². The van der Waals surface area contributed by atoms with Crippen LogP contribution in [0.2, 0.25) is 0 Å². The maximum atomic E-state index is 9.61. The molecule has 2 nitrogen and oxygen atoms in total. The number of hydrogen-bond donors (Lipinski definition) is 2. The fourth-order valence-electron chi connectivity index (χ4n) is 1.43. The van der Waals surface area contributed by atoms with E-state index in [9.17, 15) is 5.11 Å². The fraction of sp³-hybridized carbons (Fsp3) is 0.455. The topological polar surface area (TPSA) is 46.2 Å². The van der Waals surface area contributed by atoms with Crippen molar-refractivity contribution >= 4 is 12.4 Å². The van der Waals surface area contributed by atoms with E-state index >= 15 is 0 Å². The van der Waals surface area contributed by atoms with E-state index in [-0.39, 0.29) is 18.4 Å². The molecule has 0 amide bonds. The van der Waals surface area contributed by atoms with Crippen molar-refractivity contribution in [1.82, 2.24) is 0 Å². The largest absolute Gasteiger partial charge is 0.508 e. The van der Waals surface area contributed by atoms with Gasteiger partial charge in [-0.25, -0.2) is 0 Å². The van der Waals surface area contributed by atoms with Crippen LogP contribution in [-0.4, -0.2) is 5.11 Å². The lowest BCUT2D eigenvalue weighted by Crippen LogP contribution is -2.09. The van der Waals surface area contributed by atoms with E-state index in [0.717, 1.165) is 24.0 Å². The van der Waals surface area contributed by atoms with Crippen LogP contribution in [0.3, 0.4) is 0 Å². The molecule has 3 N–H and O–H groups in total. The van der Waals surface area contributed by atoms with Crippen molar-refractivity contribution < 1.29 is 5.11 Å². The molecule has 80 valence electrons. The Balaban J connectivity index is 0.00000169. The van der Waals surface area contributed by atoms with Crippen molar-refractivity contribution in [1.29, 1.82) is 0 Å². The predicted molar refractivity (Wildman–Crippen MR) is 61.9 cm³/mol. The van der Waals surface area contributed by atoms with Gasteiger partial charge in [0.2, 0.25) is 0 Å². The normalized spacial score (nSPS) is 11.9. The Morgan fingerprint density at radius 3 is 2.57 bits per heavy atom. The van der Waals surface area contributed by atoms with Gasteiger partial charge in [0.25, 0.3) is 0 Å². The highest BCUT2D eigenvalue weighted by Gasteiger charge is 2.09. The Kier molecular flexibility index (Phi) is 5.58. The highest BCUT2D eigenvalue weighted by atomic mass is 35.5. The molecule has 14 heavy (non-hydrogen) atoms. The van der Waals surface area contributed by atoms with Crippen molar-refractivity contribution in [3.05, 3.63) is 29.3 Å². The summed E-state index contributed by atoms with van der Waals surface area (Å²) in [7, 11) is 0. The molecule has 1 aromatic carbocycles. The Morgan fingerprint density at radius 2 is 2.07 bits per heavy atom. The van der Waals surface area contributed by atoms with Crippen LogP contribution in [0.5, 0.6) is 5.75 Å². The van der Waals surface area contributed by atoms with Crippen molar-refractivity contribution in [2.45, 2.75) is 32.7 Å². The first-order chi connectivity index (χ1) is 6.15. The van der Waals surface area contributed by atoms with E-state index in [0.29, 0.717) is 5.75 Å². The molecule has 0 heterocycles. The molecule has 0 saturated carbocycles. The van der Waals surface area contributed by atoms with Gasteiger partial charge < -0.3 is 10.8 Å². The molecule has 0 aromatic heterocycles. The summed E-state index contributed by atoms with van der Waals surface area (Å²) in [6.45, 7) is 4.04. The molecule has 0 unspecified atom stereocenters. The van der Waals surface area contributed by atoms with Crippen molar-refractivity contribution in [3.63, 3.8) is 0 Å². The fourth-order valence-corrected chi connectivity index (χ4v) is 1.43. The van der Waals surface area contributed by atoms with Crippen LogP contribution in [0.15, 0.2) is 18.2 Å². The molecule has 1 atom stereocenters. The van der Waals surface area contributed by atoms with E-state index in [1.807, 2.05) is 19.1 Å². The number of phenolic OH excluding ortho intramolecular Hbond substituents is 1. The summed E-state index contributed by atoms with van der Waals surface area (Å²) in [6.07, 6.45) is 1.95. The summed E-state index contributed by atoms with van der Waals surface area (Å²) >= 11 is 0.